The predicted octanol–water partition coefficient (Wildman–Crippen LogP) is 3.05. The summed E-state index contributed by atoms with van der Waals surface area (Å²) in [6, 6.07) is 13.3. The number of rotatable bonds is 4. The molecule has 0 saturated carbocycles. The van der Waals surface area contributed by atoms with Crippen LogP contribution >= 0.6 is 0 Å². The summed E-state index contributed by atoms with van der Waals surface area (Å²) in [5.41, 5.74) is 5.03. The van der Waals surface area contributed by atoms with Gasteiger partial charge in [-0.05, 0) is 37.3 Å². The number of aryl methyl sites for hydroxylation is 2. The van der Waals surface area contributed by atoms with Crippen LogP contribution in [0.15, 0.2) is 36.4 Å². The van der Waals surface area contributed by atoms with Gasteiger partial charge in [-0.2, -0.15) is 0 Å². The largest absolute Gasteiger partial charge is 0.497 e. The minimum absolute atomic E-state index is 0.535. The van der Waals surface area contributed by atoms with Gasteiger partial charge in [0.1, 0.15) is 5.75 Å². The van der Waals surface area contributed by atoms with Crippen molar-refractivity contribution in [2.45, 2.75) is 38.8 Å². The Bertz CT molecular complexity index is 624. The van der Waals surface area contributed by atoms with Crippen LogP contribution in [0.25, 0.3) is 0 Å². The minimum Gasteiger partial charge on any atom is -0.497 e. The molecule has 0 radical (unpaired) electrons. The first-order valence-electron chi connectivity index (χ1n) is 7.56. The van der Waals surface area contributed by atoms with Gasteiger partial charge in [0.05, 0.1) is 12.8 Å². The quantitative estimate of drug-likeness (QED) is 0.936. The highest BCUT2D eigenvalue weighted by atomic mass is 16.5. The summed E-state index contributed by atoms with van der Waals surface area (Å²) in [5, 5.41) is 3.64. The van der Waals surface area contributed by atoms with Crippen molar-refractivity contribution < 1.29 is 4.74 Å². The summed E-state index contributed by atoms with van der Waals surface area (Å²) < 4.78 is 5.31. The molecule has 1 N–H and O–H groups in total. The van der Waals surface area contributed by atoms with Gasteiger partial charge in [-0.3, -0.25) is 4.98 Å². The van der Waals surface area contributed by atoms with E-state index in [1.807, 2.05) is 19.1 Å². The average Bonchev–Trinajstić information content (AvgIpc) is 2.52. The lowest BCUT2D eigenvalue weighted by Gasteiger charge is -2.25. The van der Waals surface area contributed by atoms with E-state index in [4.69, 9.17) is 4.74 Å². The van der Waals surface area contributed by atoms with Crippen molar-refractivity contribution in [1.82, 2.24) is 10.3 Å². The molecule has 0 fully saturated rings. The van der Waals surface area contributed by atoms with Crippen LogP contribution < -0.4 is 10.1 Å². The summed E-state index contributed by atoms with van der Waals surface area (Å²) >= 11 is 0. The Morgan fingerprint density at radius 2 is 2.05 bits per heavy atom. The Labute approximate surface area is 126 Å². The van der Waals surface area contributed by atoms with Gasteiger partial charge in [0.15, 0.2) is 0 Å². The topological polar surface area (TPSA) is 34.1 Å². The molecule has 1 heterocycles. The lowest BCUT2D eigenvalue weighted by atomic mass is 9.88. The second-order valence-corrected chi connectivity index (χ2v) is 5.73. The molecular formula is C18H22N2O. The Hall–Kier alpha value is -1.87. The summed E-state index contributed by atoms with van der Waals surface area (Å²) in [6.45, 7) is 2.80. The van der Waals surface area contributed by atoms with E-state index < -0.39 is 0 Å². The van der Waals surface area contributed by atoms with Crippen LogP contribution in [0.3, 0.4) is 0 Å². The fourth-order valence-corrected chi connectivity index (χ4v) is 3.03. The molecule has 3 rings (SSSR count). The molecule has 1 aromatic carbocycles. The molecule has 0 bridgehead atoms. The van der Waals surface area contributed by atoms with E-state index in [-0.39, 0.29) is 0 Å². The highest BCUT2D eigenvalue weighted by molar-refractivity contribution is 5.30. The van der Waals surface area contributed by atoms with Gasteiger partial charge in [-0.15, -0.1) is 0 Å². The highest BCUT2D eigenvalue weighted by Crippen LogP contribution is 2.21. The van der Waals surface area contributed by atoms with Crippen molar-refractivity contribution in [2.75, 3.05) is 7.11 Å². The molecule has 0 aliphatic heterocycles. The maximum atomic E-state index is 5.31. The SMILES string of the molecule is COc1cc(C)nc(CNC2CCc3ccccc3C2)c1. The molecule has 3 nitrogen and oxygen atoms in total. The van der Waals surface area contributed by atoms with E-state index in [0.717, 1.165) is 30.1 Å². The first-order chi connectivity index (χ1) is 10.2. The van der Waals surface area contributed by atoms with Gasteiger partial charge < -0.3 is 10.1 Å². The number of aromatic nitrogens is 1. The lowest BCUT2D eigenvalue weighted by molar-refractivity contribution is 0.411. The first-order valence-corrected chi connectivity index (χ1v) is 7.56. The van der Waals surface area contributed by atoms with Gasteiger partial charge in [-0.25, -0.2) is 0 Å². The standard InChI is InChI=1S/C18H22N2O/c1-13-9-18(21-2)11-17(20-13)12-19-16-8-7-14-5-3-4-6-15(14)10-16/h3-6,9,11,16,19H,7-8,10,12H2,1-2H3. The van der Waals surface area contributed by atoms with E-state index in [1.54, 1.807) is 7.11 Å². The molecular weight excluding hydrogens is 260 g/mol. The Morgan fingerprint density at radius 1 is 1.24 bits per heavy atom. The molecule has 0 saturated heterocycles. The van der Waals surface area contributed by atoms with E-state index in [2.05, 4.69) is 34.6 Å². The van der Waals surface area contributed by atoms with Crippen molar-refractivity contribution in [3.63, 3.8) is 0 Å². The van der Waals surface area contributed by atoms with Crippen LogP contribution in [-0.4, -0.2) is 18.1 Å². The van der Waals surface area contributed by atoms with Crippen molar-refractivity contribution in [3.05, 3.63) is 58.9 Å². The normalized spacial score (nSPS) is 17.3. The van der Waals surface area contributed by atoms with E-state index in [9.17, 15) is 0 Å². The van der Waals surface area contributed by atoms with Crippen LogP contribution in [0.1, 0.15) is 28.9 Å². The van der Waals surface area contributed by atoms with Gasteiger partial charge in [0.25, 0.3) is 0 Å². The van der Waals surface area contributed by atoms with Crippen LogP contribution in [0, 0.1) is 6.92 Å². The minimum atomic E-state index is 0.535. The number of nitrogens with one attached hydrogen (secondary N) is 1. The fraction of sp³-hybridized carbons (Fsp3) is 0.389. The average molecular weight is 282 g/mol. The molecule has 1 aromatic heterocycles. The number of pyridine rings is 1. The maximum absolute atomic E-state index is 5.31. The first kappa shape index (κ1) is 14.1. The fourth-order valence-electron chi connectivity index (χ4n) is 3.03. The number of hydrogen-bond acceptors (Lipinski definition) is 3. The van der Waals surface area contributed by atoms with E-state index >= 15 is 0 Å². The number of nitrogens with zero attached hydrogens (tertiary/aromatic N) is 1. The Balaban J connectivity index is 1.63. The van der Waals surface area contributed by atoms with Gasteiger partial charge in [0.2, 0.25) is 0 Å². The smallest absolute Gasteiger partial charge is 0.122 e. The lowest BCUT2D eigenvalue weighted by Crippen LogP contribution is -2.34. The molecule has 3 heteroatoms. The van der Waals surface area contributed by atoms with Crippen molar-refractivity contribution >= 4 is 0 Å². The van der Waals surface area contributed by atoms with Gasteiger partial charge in [-0.1, -0.05) is 24.3 Å². The number of fused-ring (bicyclic) bond motifs is 1. The predicted molar refractivity (Wildman–Crippen MR) is 84.6 cm³/mol. The zero-order chi connectivity index (χ0) is 14.7. The van der Waals surface area contributed by atoms with Gasteiger partial charge in [0, 0.05) is 30.4 Å². The Morgan fingerprint density at radius 3 is 2.86 bits per heavy atom. The molecule has 110 valence electrons. The zero-order valence-corrected chi connectivity index (χ0v) is 12.7. The summed E-state index contributed by atoms with van der Waals surface area (Å²) in [4.78, 5) is 4.57. The number of hydrogen-bond donors (Lipinski definition) is 1. The van der Waals surface area contributed by atoms with Crippen molar-refractivity contribution in [1.29, 1.82) is 0 Å². The molecule has 0 spiro atoms. The molecule has 1 atom stereocenters. The molecule has 21 heavy (non-hydrogen) atoms. The van der Waals surface area contributed by atoms with Crippen LogP contribution in [0.4, 0.5) is 0 Å². The second kappa shape index (κ2) is 6.27. The zero-order valence-electron chi connectivity index (χ0n) is 12.7. The summed E-state index contributed by atoms with van der Waals surface area (Å²) in [6.07, 6.45) is 3.47. The summed E-state index contributed by atoms with van der Waals surface area (Å²) in [5.74, 6) is 0.883. The molecule has 1 aliphatic rings. The third-order valence-electron chi connectivity index (χ3n) is 4.13. The van der Waals surface area contributed by atoms with Gasteiger partial charge >= 0.3 is 0 Å². The Kier molecular flexibility index (Phi) is 4.20. The maximum Gasteiger partial charge on any atom is 0.122 e. The third kappa shape index (κ3) is 3.42. The number of benzene rings is 1. The van der Waals surface area contributed by atoms with E-state index in [1.165, 1.54) is 24.0 Å². The molecule has 2 aromatic rings. The van der Waals surface area contributed by atoms with E-state index in [0.29, 0.717) is 6.04 Å². The number of methoxy groups -OCH3 is 1. The van der Waals surface area contributed by atoms with Crippen molar-refractivity contribution in [3.8, 4) is 5.75 Å². The van der Waals surface area contributed by atoms with Crippen LogP contribution in [0.2, 0.25) is 0 Å². The van der Waals surface area contributed by atoms with Crippen LogP contribution in [-0.2, 0) is 19.4 Å². The molecule has 1 unspecified atom stereocenters. The number of ether oxygens (including phenoxy) is 1. The molecule has 1 aliphatic carbocycles. The molecule has 0 amide bonds. The second-order valence-electron chi connectivity index (χ2n) is 5.73. The third-order valence-corrected chi connectivity index (χ3v) is 4.13. The summed E-state index contributed by atoms with van der Waals surface area (Å²) in [7, 11) is 1.70. The van der Waals surface area contributed by atoms with Crippen LogP contribution in [0.5, 0.6) is 5.75 Å². The highest BCUT2D eigenvalue weighted by Gasteiger charge is 2.17. The monoisotopic (exact) mass is 282 g/mol. The van der Waals surface area contributed by atoms with Crippen molar-refractivity contribution in [2.24, 2.45) is 0 Å².